The number of anilines is 2. The van der Waals surface area contributed by atoms with Crippen molar-refractivity contribution < 1.29 is 19.4 Å². The van der Waals surface area contributed by atoms with Crippen molar-refractivity contribution in [3.05, 3.63) is 12.1 Å². The van der Waals surface area contributed by atoms with Crippen LogP contribution in [0.3, 0.4) is 0 Å². The molecule has 1 N–H and O–H groups in total. The molecule has 2 aliphatic rings. The van der Waals surface area contributed by atoms with Crippen LogP contribution in [-0.4, -0.2) is 51.0 Å². The SMILES string of the molecule is CN1CCCN(CC(=O)O)c2cc3c(cc21)OCCO3. The molecule has 2 heterocycles. The minimum atomic E-state index is -0.824. The van der Waals surface area contributed by atoms with E-state index in [1.165, 1.54) is 0 Å². The highest BCUT2D eigenvalue weighted by atomic mass is 16.6. The van der Waals surface area contributed by atoms with Crippen molar-refractivity contribution in [2.75, 3.05) is 49.7 Å². The fourth-order valence-corrected chi connectivity index (χ4v) is 2.69. The van der Waals surface area contributed by atoms with Gasteiger partial charge in [-0.25, -0.2) is 0 Å². The molecule has 2 aliphatic heterocycles. The second-order valence-electron chi connectivity index (χ2n) is 5.07. The fourth-order valence-electron chi connectivity index (χ4n) is 2.69. The molecule has 0 saturated carbocycles. The third-order valence-corrected chi connectivity index (χ3v) is 3.64. The van der Waals surface area contributed by atoms with E-state index < -0.39 is 5.97 Å². The van der Waals surface area contributed by atoms with Gasteiger partial charge in [0.25, 0.3) is 0 Å². The highest BCUT2D eigenvalue weighted by Crippen LogP contribution is 2.42. The van der Waals surface area contributed by atoms with Gasteiger partial charge in [-0.05, 0) is 6.42 Å². The first-order valence-corrected chi connectivity index (χ1v) is 6.76. The largest absolute Gasteiger partial charge is 0.486 e. The number of carbonyl (C=O) groups is 1. The van der Waals surface area contributed by atoms with E-state index in [2.05, 4.69) is 4.90 Å². The van der Waals surface area contributed by atoms with Crippen molar-refractivity contribution in [1.29, 1.82) is 0 Å². The lowest BCUT2D eigenvalue weighted by atomic mass is 10.2. The first kappa shape index (κ1) is 12.9. The molecular formula is C14H18N2O4. The molecular weight excluding hydrogens is 260 g/mol. The highest BCUT2D eigenvalue weighted by Gasteiger charge is 2.24. The summed E-state index contributed by atoms with van der Waals surface area (Å²) in [5.74, 6) is 0.607. The topological polar surface area (TPSA) is 62.2 Å². The standard InChI is InChI=1S/C14H18N2O4/c1-15-3-2-4-16(9-14(17)18)11-8-13-12(7-10(11)15)19-5-6-20-13/h7-8H,2-6,9H2,1H3,(H,17,18). The number of carboxylic acids is 1. The van der Waals surface area contributed by atoms with Gasteiger partial charge < -0.3 is 24.4 Å². The molecule has 3 rings (SSSR count). The van der Waals surface area contributed by atoms with Crippen molar-refractivity contribution in [2.45, 2.75) is 6.42 Å². The normalized spacial score (nSPS) is 17.4. The number of fused-ring (bicyclic) bond motifs is 2. The van der Waals surface area contributed by atoms with Gasteiger partial charge in [0.1, 0.15) is 19.8 Å². The summed E-state index contributed by atoms with van der Waals surface area (Å²) in [6.45, 7) is 2.70. The van der Waals surface area contributed by atoms with Crippen molar-refractivity contribution in [2.24, 2.45) is 0 Å². The van der Waals surface area contributed by atoms with Crippen LogP contribution < -0.4 is 19.3 Å². The number of ether oxygens (including phenoxy) is 2. The first-order valence-electron chi connectivity index (χ1n) is 6.76. The van der Waals surface area contributed by atoms with E-state index in [-0.39, 0.29) is 6.54 Å². The van der Waals surface area contributed by atoms with Crippen LogP contribution in [0.4, 0.5) is 11.4 Å². The van der Waals surface area contributed by atoms with Gasteiger partial charge in [-0.2, -0.15) is 0 Å². The van der Waals surface area contributed by atoms with E-state index >= 15 is 0 Å². The molecule has 0 radical (unpaired) electrons. The minimum Gasteiger partial charge on any atom is -0.486 e. The van der Waals surface area contributed by atoms with Crippen LogP contribution in [0, 0.1) is 0 Å². The molecule has 6 nitrogen and oxygen atoms in total. The Morgan fingerprint density at radius 2 is 1.85 bits per heavy atom. The van der Waals surface area contributed by atoms with Gasteiger partial charge in [-0.15, -0.1) is 0 Å². The Labute approximate surface area is 117 Å². The Balaban J connectivity index is 2.04. The van der Waals surface area contributed by atoms with Crippen molar-refractivity contribution in [3.8, 4) is 11.5 Å². The highest BCUT2D eigenvalue weighted by molar-refractivity contribution is 5.81. The smallest absolute Gasteiger partial charge is 0.323 e. The number of carboxylic acid groups (broad SMARTS) is 1. The van der Waals surface area contributed by atoms with Gasteiger partial charge in [0, 0.05) is 32.3 Å². The Morgan fingerprint density at radius 1 is 1.20 bits per heavy atom. The molecule has 0 atom stereocenters. The lowest BCUT2D eigenvalue weighted by Gasteiger charge is -2.28. The zero-order valence-electron chi connectivity index (χ0n) is 11.5. The number of hydrogen-bond donors (Lipinski definition) is 1. The molecule has 6 heteroatoms. The monoisotopic (exact) mass is 278 g/mol. The molecule has 0 aliphatic carbocycles. The summed E-state index contributed by atoms with van der Waals surface area (Å²) in [6.07, 6.45) is 0.921. The minimum absolute atomic E-state index is 0.000480. The molecule has 1 aromatic rings. The summed E-state index contributed by atoms with van der Waals surface area (Å²) in [5.41, 5.74) is 1.89. The quantitative estimate of drug-likeness (QED) is 0.876. The van der Waals surface area contributed by atoms with Crippen LogP contribution in [-0.2, 0) is 4.79 Å². The number of aliphatic carboxylic acids is 1. The molecule has 0 unspecified atom stereocenters. The molecule has 108 valence electrons. The lowest BCUT2D eigenvalue weighted by Crippen LogP contribution is -2.30. The molecule has 1 aromatic carbocycles. The van der Waals surface area contributed by atoms with Crippen molar-refractivity contribution in [3.63, 3.8) is 0 Å². The van der Waals surface area contributed by atoms with Crippen LogP contribution in [0.15, 0.2) is 12.1 Å². The predicted molar refractivity (Wildman–Crippen MR) is 75.2 cm³/mol. The summed E-state index contributed by atoms with van der Waals surface area (Å²) in [7, 11) is 2.01. The van der Waals surface area contributed by atoms with Gasteiger partial charge in [0.2, 0.25) is 0 Å². The summed E-state index contributed by atoms with van der Waals surface area (Å²) < 4.78 is 11.2. The molecule has 0 bridgehead atoms. The van der Waals surface area contributed by atoms with Crippen LogP contribution in [0.25, 0.3) is 0 Å². The Hall–Kier alpha value is -2.11. The second-order valence-corrected chi connectivity index (χ2v) is 5.07. The van der Waals surface area contributed by atoms with Crippen LogP contribution in [0.2, 0.25) is 0 Å². The number of nitrogens with zero attached hydrogens (tertiary/aromatic N) is 2. The Morgan fingerprint density at radius 3 is 2.50 bits per heavy atom. The molecule has 0 amide bonds. The summed E-state index contributed by atoms with van der Waals surface area (Å²) in [5, 5.41) is 9.08. The van der Waals surface area contributed by atoms with E-state index in [1.54, 1.807) is 0 Å². The zero-order chi connectivity index (χ0) is 14.1. The molecule has 0 spiro atoms. The van der Waals surface area contributed by atoms with E-state index in [0.717, 1.165) is 36.6 Å². The van der Waals surface area contributed by atoms with E-state index in [9.17, 15) is 4.79 Å². The maximum Gasteiger partial charge on any atom is 0.323 e. The summed E-state index contributed by atoms with van der Waals surface area (Å²) in [6, 6.07) is 3.85. The average molecular weight is 278 g/mol. The zero-order valence-corrected chi connectivity index (χ0v) is 11.5. The number of benzene rings is 1. The lowest BCUT2D eigenvalue weighted by molar-refractivity contribution is -0.135. The van der Waals surface area contributed by atoms with Gasteiger partial charge >= 0.3 is 5.97 Å². The van der Waals surface area contributed by atoms with Crippen molar-refractivity contribution in [1.82, 2.24) is 0 Å². The molecule has 0 saturated heterocycles. The maximum atomic E-state index is 11.0. The van der Waals surface area contributed by atoms with Gasteiger partial charge in [-0.3, -0.25) is 4.79 Å². The van der Waals surface area contributed by atoms with Crippen molar-refractivity contribution >= 4 is 17.3 Å². The van der Waals surface area contributed by atoms with Crippen LogP contribution in [0.1, 0.15) is 6.42 Å². The maximum absolute atomic E-state index is 11.0. The van der Waals surface area contributed by atoms with Crippen LogP contribution in [0.5, 0.6) is 11.5 Å². The molecule has 0 aromatic heterocycles. The Kier molecular flexibility index (Phi) is 3.30. The Bertz CT molecular complexity index is 532. The van der Waals surface area contributed by atoms with Gasteiger partial charge in [0.05, 0.1) is 11.4 Å². The van der Waals surface area contributed by atoms with E-state index in [1.807, 2.05) is 24.1 Å². The summed E-state index contributed by atoms with van der Waals surface area (Å²) in [4.78, 5) is 15.1. The first-order chi connectivity index (χ1) is 9.65. The molecule has 0 fully saturated rings. The third-order valence-electron chi connectivity index (χ3n) is 3.64. The van der Waals surface area contributed by atoms with Gasteiger partial charge in [0.15, 0.2) is 11.5 Å². The fraction of sp³-hybridized carbons (Fsp3) is 0.500. The van der Waals surface area contributed by atoms with E-state index in [0.29, 0.717) is 19.0 Å². The third kappa shape index (κ3) is 2.33. The predicted octanol–water partition coefficient (Wildman–Crippen LogP) is 1.19. The van der Waals surface area contributed by atoms with E-state index in [4.69, 9.17) is 14.6 Å². The average Bonchev–Trinajstić information content (AvgIpc) is 2.57. The molecule has 20 heavy (non-hydrogen) atoms. The summed E-state index contributed by atoms with van der Waals surface area (Å²) >= 11 is 0. The number of rotatable bonds is 2. The second kappa shape index (κ2) is 5.11. The van der Waals surface area contributed by atoms with Gasteiger partial charge in [-0.1, -0.05) is 0 Å². The van der Waals surface area contributed by atoms with Crippen LogP contribution >= 0.6 is 0 Å². The number of hydrogen-bond acceptors (Lipinski definition) is 5.